The van der Waals surface area contributed by atoms with E-state index < -0.39 is 17.7 Å². The lowest BCUT2D eigenvalue weighted by Gasteiger charge is -2.14. The maximum atomic E-state index is 12.4. The van der Waals surface area contributed by atoms with E-state index >= 15 is 0 Å². The third kappa shape index (κ3) is 3.45. The summed E-state index contributed by atoms with van der Waals surface area (Å²) in [6.45, 7) is 3.77. The number of rotatable bonds is 4. The Morgan fingerprint density at radius 1 is 1.00 bits per heavy atom. The average molecular weight is 391 g/mol. The van der Waals surface area contributed by atoms with Crippen molar-refractivity contribution in [2.45, 2.75) is 19.8 Å². The molecular weight excluding hydrogens is 375 g/mol. The fraction of sp³-hybridized carbons (Fsp3) is 0.211. The number of hydrogen-bond donors (Lipinski definition) is 1. The summed E-state index contributed by atoms with van der Waals surface area (Å²) in [4.78, 5) is 37.9. The molecule has 0 spiro atoms. The zero-order valence-electron chi connectivity index (χ0n) is 14.2. The zero-order chi connectivity index (χ0) is 19.0. The standard InChI is InChI=1S/C19H16Cl2N2O3/c1-10(2)11-3-5-12(6-4-11)22-17(24)9-23-18(25)13-7-15(20)16(21)8-14(13)19(23)26/h3-8,10H,9H2,1-2H3,(H,22,24). The van der Waals surface area contributed by atoms with Gasteiger partial charge in [-0.15, -0.1) is 0 Å². The summed E-state index contributed by atoms with van der Waals surface area (Å²) in [5, 5.41) is 3.06. The van der Waals surface area contributed by atoms with Crippen LogP contribution in [0.1, 0.15) is 46.0 Å². The van der Waals surface area contributed by atoms with Gasteiger partial charge in [0.05, 0.1) is 21.2 Å². The largest absolute Gasteiger partial charge is 0.325 e. The van der Waals surface area contributed by atoms with Crippen LogP contribution in [0.4, 0.5) is 5.69 Å². The minimum atomic E-state index is -0.561. The first kappa shape index (κ1) is 18.4. The Morgan fingerprint density at radius 2 is 1.50 bits per heavy atom. The molecule has 26 heavy (non-hydrogen) atoms. The number of hydrogen-bond acceptors (Lipinski definition) is 3. The van der Waals surface area contributed by atoms with Crippen molar-refractivity contribution < 1.29 is 14.4 Å². The number of amides is 3. The summed E-state index contributed by atoms with van der Waals surface area (Å²) in [6.07, 6.45) is 0. The van der Waals surface area contributed by atoms with Crippen molar-refractivity contribution in [1.82, 2.24) is 4.90 Å². The maximum Gasteiger partial charge on any atom is 0.262 e. The second-order valence-electron chi connectivity index (χ2n) is 6.33. The van der Waals surface area contributed by atoms with Crippen LogP contribution < -0.4 is 5.32 Å². The highest BCUT2D eigenvalue weighted by Gasteiger charge is 2.37. The van der Waals surface area contributed by atoms with Gasteiger partial charge < -0.3 is 5.32 Å². The van der Waals surface area contributed by atoms with Crippen molar-refractivity contribution in [1.29, 1.82) is 0 Å². The maximum absolute atomic E-state index is 12.4. The first-order chi connectivity index (χ1) is 12.3. The molecule has 2 aromatic rings. The third-order valence-electron chi connectivity index (χ3n) is 4.17. The molecule has 0 saturated carbocycles. The Bertz CT molecular complexity index is 867. The number of benzene rings is 2. The molecule has 3 rings (SSSR count). The Hall–Kier alpha value is -2.37. The fourth-order valence-corrected chi connectivity index (χ4v) is 3.05. The van der Waals surface area contributed by atoms with Crippen LogP contribution >= 0.6 is 23.2 Å². The SMILES string of the molecule is CC(C)c1ccc(NC(=O)CN2C(=O)c3cc(Cl)c(Cl)cc3C2=O)cc1. The Kier molecular flexibility index (Phi) is 5.03. The molecule has 7 heteroatoms. The molecule has 134 valence electrons. The molecule has 0 unspecified atom stereocenters. The number of halogens is 2. The zero-order valence-corrected chi connectivity index (χ0v) is 15.7. The summed E-state index contributed by atoms with van der Waals surface area (Å²) in [5.41, 5.74) is 2.05. The smallest absolute Gasteiger partial charge is 0.262 e. The van der Waals surface area contributed by atoms with Crippen molar-refractivity contribution in [3.8, 4) is 0 Å². The monoisotopic (exact) mass is 390 g/mol. The highest BCUT2D eigenvalue weighted by Crippen LogP contribution is 2.31. The number of nitrogens with one attached hydrogen (secondary N) is 1. The van der Waals surface area contributed by atoms with Crippen LogP contribution in [0.5, 0.6) is 0 Å². The lowest BCUT2D eigenvalue weighted by Crippen LogP contribution is -2.37. The van der Waals surface area contributed by atoms with Crippen LogP contribution in [-0.4, -0.2) is 29.2 Å². The first-order valence-corrected chi connectivity index (χ1v) is 8.78. The van der Waals surface area contributed by atoms with Gasteiger partial charge in [-0.1, -0.05) is 49.2 Å². The highest BCUT2D eigenvalue weighted by molar-refractivity contribution is 6.43. The number of imide groups is 1. The molecule has 0 radical (unpaired) electrons. The molecule has 0 atom stereocenters. The third-order valence-corrected chi connectivity index (χ3v) is 4.90. The minimum absolute atomic E-state index is 0.151. The van der Waals surface area contributed by atoms with Crippen molar-refractivity contribution in [2.75, 3.05) is 11.9 Å². The van der Waals surface area contributed by atoms with Crippen LogP contribution in [0.2, 0.25) is 10.0 Å². The Balaban J connectivity index is 1.72. The van der Waals surface area contributed by atoms with Gasteiger partial charge in [0.15, 0.2) is 0 Å². The van der Waals surface area contributed by atoms with E-state index in [1.165, 1.54) is 12.1 Å². The predicted octanol–water partition coefficient (Wildman–Crippen LogP) is 4.35. The van der Waals surface area contributed by atoms with Gasteiger partial charge in [0.1, 0.15) is 6.54 Å². The molecule has 0 aliphatic carbocycles. The number of carbonyl (C=O) groups excluding carboxylic acids is 3. The van der Waals surface area contributed by atoms with Gasteiger partial charge >= 0.3 is 0 Å². The molecule has 0 saturated heterocycles. The second kappa shape index (κ2) is 7.09. The molecular formula is C19H16Cl2N2O3. The molecule has 0 fully saturated rings. The summed E-state index contributed by atoms with van der Waals surface area (Å²) in [7, 11) is 0. The van der Waals surface area contributed by atoms with Gasteiger partial charge in [0.2, 0.25) is 5.91 Å². The van der Waals surface area contributed by atoms with E-state index in [2.05, 4.69) is 19.2 Å². The van der Waals surface area contributed by atoms with Crippen molar-refractivity contribution in [3.63, 3.8) is 0 Å². The van der Waals surface area contributed by atoms with Gasteiger partial charge in [0, 0.05) is 5.69 Å². The molecule has 1 aliphatic heterocycles. The molecule has 0 bridgehead atoms. The number of fused-ring (bicyclic) bond motifs is 1. The normalized spacial score (nSPS) is 13.3. The van der Waals surface area contributed by atoms with Crippen LogP contribution in [-0.2, 0) is 4.79 Å². The first-order valence-electron chi connectivity index (χ1n) is 8.03. The van der Waals surface area contributed by atoms with E-state index in [0.717, 1.165) is 10.5 Å². The average Bonchev–Trinajstić information content (AvgIpc) is 2.80. The predicted molar refractivity (Wildman–Crippen MR) is 101 cm³/mol. The van der Waals surface area contributed by atoms with Gasteiger partial charge in [0.25, 0.3) is 11.8 Å². The fourth-order valence-electron chi connectivity index (χ4n) is 2.72. The number of carbonyl (C=O) groups is 3. The number of anilines is 1. The molecule has 1 aliphatic rings. The van der Waals surface area contributed by atoms with Crippen LogP contribution in [0.3, 0.4) is 0 Å². The lowest BCUT2D eigenvalue weighted by atomic mass is 10.0. The minimum Gasteiger partial charge on any atom is -0.325 e. The molecule has 0 aromatic heterocycles. The highest BCUT2D eigenvalue weighted by atomic mass is 35.5. The molecule has 5 nitrogen and oxygen atoms in total. The van der Waals surface area contributed by atoms with Crippen molar-refractivity contribution in [3.05, 3.63) is 63.1 Å². The van der Waals surface area contributed by atoms with Crippen molar-refractivity contribution in [2.24, 2.45) is 0 Å². The summed E-state index contributed by atoms with van der Waals surface area (Å²) in [6, 6.07) is 10.1. The van der Waals surface area contributed by atoms with E-state index in [1.807, 2.05) is 12.1 Å². The molecule has 2 aromatic carbocycles. The van der Waals surface area contributed by atoms with Crippen molar-refractivity contribution >= 4 is 46.6 Å². The second-order valence-corrected chi connectivity index (χ2v) is 7.15. The van der Waals surface area contributed by atoms with Crippen LogP contribution in [0.25, 0.3) is 0 Å². The van der Waals surface area contributed by atoms with Crippen LogP contribution in [0.15, 0.2) is 36.4 Å². The Morgan fingerprint density at radius 3 is 1.96 bits per heavy atom. The molecule has 1 heterocycles. The quantitative estimate of drug-likeness (QED) is 0.788. The van der Waals surface area contributed by atoms with Gasteiger partial charge in [-0.05, 0) is 35.7 Å². The van der Waals surface area contributed by atoms with Gasteiger partial charge in [-0.3, -0.25) is 19.3 Å². The summed E-state index contributed by atoms with van der Waals surface area (Å²) >= 11 is 11.8. The van der Waals surface area contributed by atoms with E-state index in [1.54, 1.807) is 12.1 Å². The lowest BCUT2D eigenvalue weighted by molar-refractivity contribution is -0.116. The van der Waals surface area contributed by atoms with E-state index in [0.29, 0.717) is 11.6 Å². The summed E-state index contributed by atoms with van der Waals surface area (Å²) in [5.74, 6) is -1.20. The van der Waals surface area contributed by atoms with Crippen LogP contribution in [0, 0.1) is 0 Å². The van der Waals surface area contributed by atoms with Gasteiger partial charge in [-0.25, -0.2) is 0 Å². The van der Waals surface area contributed by atoms with E-state index in [9.17, 15) is 14.4 Å². The topological polar surface area (TPSA) is 66.5 Å². The molecule has 3 amide bonds. The Labute approximate surface area is 160 Å². The van der Waals surface area contributed by atoms with E-state index in [-0.39, 0.29) is 27.7 Å². The number of nitrogens with zero attached hydrogens (tertiary/aromatic N) is 1. The van der Waals surface area contributed by atoms with E-state index in [4.69, 9.17) is 23.2 Å². The van der Waals surface area contributed by atoms with Gasteiger partial charge in [-0.2, -0.15) is 0 Å². The summed E-state index contributed by atoms with van der Waals surface area (Å²) < 4.78 is 0. The molecule has 1 N–H and O–H groups in total.